The average Bonchev–Trinajstić information content (AvgIpc) is 2.69. The van der Waals surface area contributed by atoms with Gasteiger partial charge in [0.25, 0.3) is 5.91 Å². The maximum atomic E-state index is 13.0. The summed E-state index contributed by atoms with van der Waals surface area (Å²) in [6.07, 6.45) is 0. The Morgan fingerprint density at radius 3 is 2.19 bits per heavy atom. The van der Waals surface area contributed by atoms with E-state index < -0.39 is 0 Å². The highest BCUT2D eigenvalue weighted by molar-refractivity contribution is 5.95. The van der Waals surface area contributed by atoms with Crippen molar-refractivity contribution in [2.24, 2.45) is 0 Å². The second-order valence-corrected chi connectivity index (χ2v) is 6.27. The van der Waals surface area contributed by atoms with E-state index in [1.807, 2.05) is 61.6 Å². The van der Waals surface area contributed by atoms with Gasteiger partial charge in [0, 0.05) is 26.3 Å². The number of amides is 1. The average molecular weight is 345 g/mol. The smallest absolute Gasteiger partial charge is 0.254 e. The van der Waals surface area contributed by atoms with E-state index in [4.69, 9.17) is 4.74 Å². The highest BCUT2D eigenvalue weighted by Crippen LogP contribution is 2.25. The molecule has 0 aliphatic rings. The van der Waals surface area contributed by atoms with Crippen LogP contribution in [0.15, 0.2) is 78.9 Å². The van der Waals surface area contributed by atoms with E-state index in [0.29, 0.717) is 18.7 Å². The van der Waals surface area contributed by atoms with Crippen LogP contribution >= 0.6 is 0 Å². The Labute approximate surface area is 154 Å². The normalized spacial score (nSPS) is 10.5. The molecule has 3 aromatic rings. The number of carbonyl (C=O) groups excluding carboxylic acids is 1. The Hall–Kier alpha value is -2.91. The van der Waals surface area contributed by atoms with E-state index in [1.54, 1.807) is 12.0 Å². The first-order valence-corrected chi connectivity index (χ1v) is 8.66. The summed E-state index contributed by atoms with van der Waals surface area (Å²) < 4.78 is 5.22. The SMILES string of the molecule is COCc1ccccc1C(=O)N(C)Cc1ccccc1-c1ccccc1. The largest absolute Gasteiger partial charge is 0.380 e. The van der Waals surface area contributed by atoms with Gasteiger partial charge in [0.05, 0.1) is 6.61 Å². The van der Waals surface area contributed by atoms with Crippen molar-refractivity contribution in [2.45, 2.75) is 13.2 Å². The van der Waals surface area contributed by atoms with Crippen molar-refractivity contribution in [3.8, 4) is 11.1 Å². The standard InChI is InChI=1S/C23H23NO2/c1-24(23(25)22-15-9-7-13-20(22)17-26-2)16-19-12-6-8-14-21(19)18-10-4-3-5-11-18/h3-15H,16-17H2,1-2H3. The lowest BCUT2D eigenvalue weighted by atomic mass is 9.99. The first-order valence-electron chi connectivity index (χ1n) is 8.66. The van der Waals surface area contributed by atoms with Crippen LogP contribution in [0.1, 0.15) is 21.5 Å². The topological polar surface area (TPSA) is 29.5 Å². The van der Waals surface area contributed by atoms with E-state index in [-0.39, 0.29) is 5.91 Å². The second-order valence-electron chi connectivity index (χ2n) is 6.27. The lowest BCUT2D eigenvalue weighted by Gasteiger charge is -2.21. The van der Waals surface area contributed by atoms with Crippen LogP contribution in [0.3, 0.4) is 0 Å². The van der Waals surface area contributed by atoms with Gasteiger partial charge in [-0.2, -0.15) is 0 Å². The van der Waals surface area contributed by atoms with Crippen LogP contribution in [-0.4, -0.2) is 25.0 Å². The van der Waals surface area contributed by atoms with E-state index in [1.165, 1.54) is 0 Å². The van der Waals surface area contributed by atoms with Crippen molar-refractivity contribution >= 4 is 5.91 Å². The lowest BCUT2D eigenvalue weighted by molar-refractivity contribution is 0.0780. The third kappa shape index (κ3) is 4.01. The number of rotatable bonds is 6. The van der Waals surface area contributed by atoms with Crippen LogP contribution in [0.2, 0.25) is 0 Å². The number of methoxy groups -OCH3 is 1. The van der Waals surface area contributed by atoms with Gasteiger partial charge in [-0.15, -0.1) is 0 Å². The number of hydrogen-bond donors (Lipinski definition) is 0. The predicted octanol–water partition coefficient (Wildman–Crippen LogP) is 4.77. The zero-order chi connectivity index (χ0) is 18.4. The minimum atomic E-state index is 0.000477. The number of ether oxygens (including phenoxy) is 1. The Morgan fingerprint density at radius 1 is 0.846 bits per heavy atom. The van der Waals surface area contributed by atoms with Gasteiger partial charge in [0.1, 0.15) is 0 Å². The fourth-order valence-corrected chi connectivity index (χ4v) is 3.10. The summed E-state index contributed by atoms with van der Waals surface area (Å²) in [5.74, 6) is 0.000477. The van der Waals surface area contributed by atoms with Crippen LogP contribution in [0, 0.1) is 0 Å². The van der Waals surface area contributed by atoms with Crippen LogP contribution in [-0.2, 0) is 17.9 Å². The minimum Gasteiger partial charge on any atom is -0.380 e. The van der Waals surface area contributed by atoms with Crippen molar-refractivity contribution in [3.05, 3.63) is 95.6 Å². The van der Waals surface area contributed by atoms with Gasteiger partial charge >= 0.3 is 0 Å². The van der Waals surface area contributed by atoms with Crippen molar-refractivity contribution in [2.75, 3.05) is 14.2 Å². The Kier molecular flexibility index (Phi) is 5.82. The molecule has 0 aromatic heterocycles. The minimum absolute atomic E-state index is 0.000477. The van der Waals surface area contributed by atoms with Crippen LogP contribution in [0.25, 0.3) is 11.1 Å². The van der Waals surface area contributed by atoms with Gasteiger partial charge in [0.2, 0.25) is 0 Å². The third-order valence-electron chi connectivity index (χ3n) is 4.40. The molecule has 0 heterocycles. The molecule has 1 amide bonds. The van der Waals surface area contributed by atoms with Crippen molar-refractivity contribution in [3.63, 3.8) is 0 Å². The number of benzene rings is 3. The third-order valence-corrected chi connectivity index (χ3v) is 4.40. The van der Waals surface area contributed by atoms with E-state index in [9.17, 15) is 4.79 Å². The van der Waals surface area contributed by atoms with Gasteiger partial charge < -0.3 is 9.64 Å². The molecule has 3 nitrogen and oxygen atoms in total. The molecule has 132 valence electrons. The van der Waals surface area contributed by atoms with Gasteiger partial charge in [-0.25, -0.2) is 0 Å². The predicted molar refractivity (Wildman–Crippen MR) is 105 cm³/mol. The van der Waals surface area contributed by atoms with E-state index >= 15 is 0 Å². The maximum absolute atomic E-state index is 13.0. The summed E-state index contributed by atoms with van der Waals surface area (Å²) >= 11 is 0. The van der Waals surface area contributed by atoms with Gasteiger partial charge in [0.15, 0.2) is 0 Å². The molecule has 3 aromatic carbocycles. The highest BCUT2D eigenvalue weighted by atomic mass is 16.5. The fourth-order valence-electron chi connectivity index (χ4n) is 3.10. The molecule has 0 bridgehead atoms. The van der Waals surface area contributed by atoms with Crippen LogP contribution < -0.4 is 0 Å². The summed E-state index contributed by atoms with van der Waals surface area (Å²) in [4.78, 5) is 14.7. The molecule has 0 N–H and O–H groups in total. The monoisotopic (exact) mass is 345 g/mol. The summed E-state index contributed by atoms with van der Waals surface area (Å²) in [6.45, 7) is 0.974. The first-order chi connectivity index (χ1) is 12.7. The first kappa shape index (κ1) is 17.9. The van der Waals surface area contributed by atoms with Crippen molar-refractivity contribution in [1.82, 2.24) is 4.90 Å². The molecule has 3 rings (SSSR count). The fraction of sp³-hybridized carbons (Fsp3) is 0.174. The molecule has 0 aliphatic carbocycles. The van der Waals surface area contributed by atoms with E-state index in [0.717, 1.165) is 22.3 Å². The number of hydrogen-bond acceptors (Lipinski definition) is 2. The Bertz CT molecular complexity index is 874. The zero-order valence-corrected chi connectivity index (χ0v) is 15.2. The molecule has 0 fully saturated rings. The number of carbonyl (C=O) groups is 1. The molecule has 26 heavy (non-hydrogen) atoms. The quantitative estimate of drug-likeness (QED) is 0.644. The van der Waals surface area contributed by atoms with Gasteiger partial charge in [-0.3, -0.25) is 4.79 Å². The van der Waals surface area contributed by atoms with E-state index in [2.05, 4.69) is 24.3 Å². The summed E-state index contributed by atoms with van der Waals surface area (Å²) in [5, 5.41) is 0. The second kappa shape index (κ2) is 8.45. The van der Waals surface area contributed by atoms with Gasteiger partial charge in [-0.05, 0) is 28.3 Å². The Balaban J connectivity index is 1.85. The van der Waals surface area contributed by atoms with Gasteiger partial charge in [-0.1, -0.05) is 72.8 Å². The molecular formula is C23H23NO2. The molecular weight excluding hydrogens is 322 g/mol. The molecule has 3 heteroatoms. The molecule has 0 saturated carbocycles. The molecule has 0 spiro atoms. The number of nitrogens with zero attached hydrogens (tertiary/aromatic N) is 1. The lowest BCUT2D eigenvalue weighted by Crippen LogP contribution is -2.27. The van der Waals surface area contributed by atoms with Crippen molar-refractivity contribution in [1.29, 1.82) is 0 Å². The van der Waals surface area contributed by atoms with Crippen molar-refractivity contribution < 1.29 is 9.53 Å². The molecule has 0 saturated heterocycles. The zero-order valence-electron chi connectivity index (χ0n) is 15.2. The Morgan fingerprint density at radius 2 is 1.46 bits per heavy atom. The highest BCUT2D eigenvalue weighted by Gasteiger charge is 2.17. The molecule has 0 unspecified atom stereocenters. The molecule has 0 aliphatic heterocycles. The summed E-state index contributed by atoms with van der Waals surface area (Å²) in [6, 6.07) is 26.1. The summed E-state index contributed by atoms with van der Waals surface area (Å²) in [5.41, 5.74) is 5.03. The maximum Gasteiger partial charge on any atom is 0.254 e. The summed E-state index contributed by atoms with van der Waals surface area (Å²) in [7, 11) is 3.48. The molecule has 0 atom stereocenters. The molecule has 0 radical (unpaired) electrons. The van der Waals surface area contributed by atoms with Crippen LogP contribution in [0.5, 0.6) is 0 Å². The van der Waals surface area contributed by atoms with Crippen LogP contribution in [0.4, 0.5) is 0 Å².